The summed E-state index contributed by atoms with van der Waals surface area (Å²) in [5.41, 5.74) is 1.66. The van der Waals surface area contributed by atoms with Gasteiger partial charge >= 0.3 is 0 Å². The van der Waals surface area contributed by atoms with Gasteiger partial charge in [0.25, 0.3) is 5.91 Å². The van der Waals surface area contributed by atoms with E-state index in [1.165, 1.54) is 0 Å². The average Bonchev–Trinajstić information content (AvgIpc) is 2.90. The molecule has 2 aromatic heterocycles. The van der Waals surface area contributed by atoms with E-state index in [9.17, 15) is 4.79 Å². The molecule has 0 aromatic carbocycles. The molecule has 0 aliphatic rings. The van der Waals surface area contributed by atoms with Gasteiger partial charge in [-0.25, -0.2) is 4.98 Å². The highest BCUT2D eigenvalue weighted by Gasteiger charge is 2.18. The first-order chi connectivity index (χ1) is 9.72. The van der Waals surface area contributed by atoms with Crippen LogP contribution in [0.5, 0.6) is 0 Å². The van der Waals surface area contributed by atoms with Crippen molar-refractivity contribution in [3.05, 3.63) is 48.3 Å². The van der Waals surface area contributed by atoms with Crippen molar-refractivity contribution in [3.8, 4) is 0 Å². The van der Waals surface area contributed by atoms with Gasteiger partial charge in [0.2, 0.25) is 0 Å². The maximum Gasteiger partial charge on any atom is 0.272 e. The Labute approximate surface area is 119 Å². The summed E-state index contributed by atoms with van der Waals surface area (Å²) >= 11 is 0. The predicted molar refractivity (Wildman–Crippen MR) is 77.1 cm³/mol. The number of unbranched alkanes of at least 4 members (excludes halogenated alkanes) is 1. The zero-order valence-corrected chi connectivity index (χ0v) is 12.0. The summed E-state index contributed by atoms with van der Waals surface area (Å²) in [4.78, 5) is 22.6. The number of amides is 1. The molecule has 2 rings (SSSR count). The van der Waals surface area contributed by atoms with Gasteiger partial charge in [0, 0.05) is 32.5 Å². The topological polar surface area (TPSA) is 51.0 Å². The van der Waals surface area contributed by atoms with Crippen LogP contribution >= 0.6 is 0 Å². The summed E-state index contributed by atoms with van der Waals surface area (Å²) in [6, 6.07) is 3.88. The average molecular weight is 272 g/mol. The quantitative estimate of drug-likeness (QED) is 0.810. The summed E-state index contributed by atoms with van der Waals surface area (Å²) in [6.45, 7) is 3.45. The monoisotopic (exact) mass is 272 g/mol. The van der Waals surface area contributed by atoms with E-state index < -0.39 is 0 Å². The van der Waals surface area contributed by atoms with Crippen LogP contribution in [0.2, 0.25) is 0 Å². The molecule has 20 heavy (non-hydrogen) atoms. The number of nitrogens with zero attached hydrogens (tertiary/aromatic N) is 4. The fourth-order valence-electron chi connectivity index (χ4n) is 2.04. The fourth-order valence-corrected chi connectivity index (χ4v) is 2.04. The predicted octanol–water partition coefficient (Wildman–Crippen LogP) is 2.26. The molecule has 0 saturated carbocycles. The van der Waals surface area contributed by atoms with Crippen molar-refractivity contribution in [1.82, 2.24) is 19.4 Å². The molecule has 0 aliphatic carbocycles. The Morgan fingerprint density at radius 1 is 1.35 bits per heavy atom. The zero-order chi connectivity index (χ0) is 14.4. The van der Waals surface area contributed by atoms with Gasteiger partial charge in [0.1, 0.15) is 5.69 Å². The molecule has 0 radical (unpaired) electrons. The Hall–Kier alpha value is -2.17. The van der Waals surface area contributed by atoms with Gasteiger partial charge in [-0.2, -0.15) is 0 Å². The highest BCUT2D eigenvalue weighted by molar-refractivity contribution is 5.92. The maximum atomic E-state index is 12.6. The SMILES string of the molecule is CCCCN(Cc1cccnc1)C(=O)c1cncn1C. The Morgan fingerprint density at radius 2 is 2.20 bits per heavy atom. The van der Waals surface area contributed by atoms with Crippen LogP contribution in [0.4, 0.5) is 0 Å². The van der Waals surface area contributed by atoms with Crippen LogP contribution in [-0.4, -0.2) is 31.9 Å². The second-order valence-electron chi connectivity index (χ2n) is 4.83. The molecule has 2 aromatic rings. The second-order valence-corrected chi connectivity index (χ2v) is 4.83. The number of rotatable bonds is 6. The third-order valence-corrected chi connectivity index (χ3v) is 3.20. The van der Waals surface area contributed by atoms with Crippen molar-refractivity contribution in [2.24, 2.45) is 7.05 Å². The lowest BCUT2D eigenvalue weighted by Crippen LogP contribution is -2.32. The standard InChI is InChI=1S/C15H20N4O/c1-3-4-8-19(11-13-6-5-7-16-9-13)15(20)14-10-17-12-18(14)2/h5-7,9-10,12H,3-4,8,11H2,1-2H3. The Bertz CT molecular complexity index is 550. The lowest BCUT2D eigenvalue weighted by molar-refractivity contribution is 0.0731. The molecular formula is C15H20N4O. The van der Waals surface area contributed by atoms with Gasteiger partial charge in [-0.3, -0.25) is 9.78 Å². The number of hydrogen-bond donors (Lipinski definition) is 0. The third-order valence-electron chi connectivity index (χ3n) is 3.20. The number of carbonyl (C=O) groups is 1. The van der Waals surface area contributed by atoms with Crippen LogP contribution in [0.15, 0.2) is 37.1 Å². The number of imidazole rings is 1. The summed E-state index contributed by atoms with van der Waals surface area (Å²) in [5, 5.41) is 0. The zero-order valence-electron chi connectivity index (χ0n) is 12.0. The van der Waals surface area contributed by atoms with Crippen molar-refractivity contribution in [3.63, 3.8) is 0 Å². The van der Waals surface area contributed by atoms with Gasteiger partial charge in [0.15, 0.2) is 0 Å². The van der Waals surface area contributed by atoms with E-state index in [1.807, 2.05) is 24.1 Å². The molecule has 5 nitrogen and oxygen atoms in total. The lowest BCUT2D eigenvalue weighted by Gasteiger charge is -2.22. The van der Waals surface area contributed by atoms with Gasteiger partial charge in [-0.1, -0.05) is 19.4 Å². The van der Waals surface area contributed by atoms with Crippen molar-refractivity contribution < 1.29 is 4.79 Å². The molecule has 0 saturated heterocycles. The second kappa shape index (κ2) is 6.84. The minimum absolute atomic E-state index is 0.0160. The number of hydrogen-bond acceptors (Lipinski definition) is 3. The van der Waals surface area contributed by atoms with Crippen molar-refractivity contribution in [2.75, 3.05) is 6.54 Å². The molecule has 0 unspecified atom stereocenters. The number of pyridine rings is 1. The van der Waals surface area contributed by atoms with Gasteiger partial charge in [0.05, 0.1) is 12.5 Å². The Morgan fingerprint density at radius 3 is 2.80 bits per heavy atom. The molecule has 0 spiro atoms. The van der Waals surface area contributed by atoms with E-state index in [-0.39, 0.29) is 5.91 Å². The van der Waals surface area contributed by atoms with E-state index in [2.05, 4.69) is 16.9 Å². The van der Waals surface area contributed by atoms with Crippen LogP contribution in [0.3, 0.4) is 0 Å². The molecule has 0 fully saturated rings. The highest BCUT2D eigenvalue weighted by atomic mass is 16.2. The fraction of sp³-hybridized carbons (Fsp3) is 0.400. The molecule has 0 N–H and O–H groups in total. The van der Waals surface area contributed by atoms with Crippen molar-refractivity contribution in [2.45, 2.75) is 26.3 Å². The van der Waals surface area contributed by atoms with Crippen LogP contribution in [0, 0.1) is 0 Å². The van der Waals surface area contributed by atoms with Gasteiger partial charge < -0.3 is 9.47 Å². The van der Waals surface area contributed by atoms with Crippen LogP contribution in [-0.2, 0) is 13.6 Å². The molecule has 106 valence electrons. The first-order valence-electron chi connectivity index (χ1n) is 6.87. The molecular weight excluding hydrogens is 252 g/mol. The maximum absolute atomic E-state index is 12.6. The van der Waals surface area contributed by atoms with Crippen LogP contribution in [0.1, 0.15) is 35.8 Å². The van der Waals surface area contributed by atoms with Crippen molar-refractivity contribution in [1.29, 1.82) is 0 Å². The van der Waals surface area contributed by atoms with E-state index >= 15 is 0 Å². The Kier molecular flexibility index (Phi) is 4.87. The largest absolute Gasteiger partial charge is 0.333 e. The summed E-state index contributed by atoms with van der Waals surface area (Å²) in [6.07, 6.45) is 8.85. The van der Waals surface area contributed by atoms with E-state index in [0.717, 1.165) is 24.9 Å². The first kappa shape index (κ1) is 14.2. The summed E-state index contributed by atoms with van der Waals surface area (Å²) in [7, 11) is 1.84. The van der Waals surface area contributed by atoms with Crippen molar-refractivity contribution >= 4 is 5.91 Å². The van der Waals surface area contributed by atoms with Crippen LogP contribution < -0.4 is 0 Å². The minimum Gasteiger partial charge on any atom is -0.333 e. The Balaban J connectivity index is 2.15. The summed E-state index contributed by atoms with van der Waals surface area (Å²) < 4.78 is 1.75. The molecule has 5 heteroatoms. The molecule has 0 bridgehead atoms. The minimum atomic E-state index is 0.0160. The third kappa shape index (κ3) is 3.44. The smallest absolute Gasteiger partial charge is 0.272 e. The number of carbonyl (C=O) groups excluding carboxylic acids is 1. The lowest BCUT2D eigenvalue weighted by atomic mass is 10.2. The first-order valence-corrected chi connectivity index (χ1v) is 6.87. The van der Waals surface area contributed by atoms with Gasteiger partial charge in [-0.15, -0.1) is 0 Å². The van der Waals surface area contributed by atoms with E-state index in [4.69, 9.17) is 0 Å². The molecule has 1 amide bonds. The van der Waals surface area contributed by atoms with Crippen LogP contribution in [0.25, 0.3) is 0 Å². The van der Waals surface area contributed by atoms with E-state index in [1.54, 1.807) is 29.5 Å². The molecule has 2 heterocycles. The molecule has 0 aliphatic heterocycles. The highest BCUT2D eigenvalue weighted by Crippen LogP contribution is 2.10. The molecule has 0 atom stereocenters. The number of aryl methyl sites for hydroxylation is 1. The normalized spacial score (nSPS) is 10.5. The van der Waals surface area contributed by atoms with E-state index in [0.29, 0.717) is 12.2 Å². The van der Waals surface area contributed by atoms with Gasteiger partial charge in [-0.05, 0) is 18.1 Å². The number of aromatic nitrogens is 3. The summed E-state index contributed by atoms with van der Waals surface area (Å²) in [5.74, 6) is 0.0160.